The van der Waals surface area contributed by atoms with Crippen molar-refractivity contribution in [3.63, 3.8) is 0 Å². The van der Waals surface area contributed by atoms with Crippen LogP contribution in [0.25, 0.3) is 0 Å². The molecule has 1 aromatic carbocycles. The average molecular weight is 264 g/mol. The van der Waals surface area contributed by atoms with Crippen molar-refractivity contribution in [3.05, 3.63) is 39.4 Å². The van der Waals surface area contributed by atoms with Gasteiger partial charge in [0.25, 0.3) is 5.69 Å². The summed E-state index contributed by atoms with van der Waals surface area (Å²) < 4.78 is 0. The summed E-state index contributed by atoms with van der Waals surface area (Å²) in [6.07, 6.45) is 1.77. The molecule has 0 aliphatic carbocycles. The summed E-state index contributed by atoms with van der Waals surface area (Å²) in [5, 5.41) is 14.6. The molecule has 4 nitrogen and oxygen atoms in total. The molecule has 0 fully saturated rings. The third kappa shape index (κ3) is 4.63. The van der Waals surface area contributed by atoms with E-state index in [1.165, 1.54) is 0 Å². The van der Waals surface area contributed by atoms with E-state index in [-0.39, 0.29) is 16.7 Å². The Balaban J connectivity index is 2.92. The van der Waals surface area contributed by atoms with Crippen LogP contribution in [0.4, 0.5) is 5.69 Å². The van der Waals surface area contributed by atoms with E-state index in [1.807, 2.05) is 19.1 Å². The zero-order valence-corrected chi connectivity index (χ0v) is 12.3. The van der Waals surface area contributed by atoms with E-state index in [4.69, 9.17) is 0 Å². The lowest BCUT2D eigenvalue weighted by molar-refractivity contribution is -0.385. The standard InChI is InChI=1S/C15H24N2O2/c1-5-8-16-14(11(2)3)10-13-7-6-12(4)9-15(13)17(18)19/h6-7,9,11,14,16H,5,8,10H2,1-4H3. The van der Waals surface area contributed by atoms with Crippen LogP contribution in [0.15, 0.2) is 18.2 Å². The lowest BCUT2D eigenvalue weighted by Gasteiger charge is -2.22. The molecule has 106 valence electrons. The normalized spacial score (nSPS) is 12.7. The van der Waals surface area contributed by atoms with Gasteiger partial charge in [0.05, 0.1) is 4.92 Å². The van der Waals surface area contributed by atoms with Gasteiger partial charge in [-0.05, 0) is 37.8 Å². The lowest BCUT2D eigenvalue weighted by atomic mass is 9.94. The number of benzene rings is 1. The molecule has 1 unspecified atom stereocenters. The highest BCUT2D eigenvalue weighted by Gasteiger charge is 2.19. The van der Waals surface area contributed by atoms with Gasteiger partial charge in [-0.2, -0.15) is 0 Å². The van der Waals surface area contributed by atoms with Crippen LogP contribution in [0, 0.1) is 23.0 Å². The van der Waals surface area contributed by atoms with Crippen molar-refractivity contribution in [2.24, 2.45) is 5.92 Å². The van der Waals surface area contributed by atoms with E-state index in [1.54, 1.807) is 6.07 Å². The predicted molar refractivity (Wildman–Crippen MR) is 78.5 cm³/mol. The van der Waals surface area contributed by atoms with Gasteiger partial charge < -0.3 is 5.32 Å². The van der Waals surface area contributed by atoms with Gasteiger partial charge in [-0.15, -0.1) is 0 Å². The van der Waals surface area contributed by atoms with Crippen molar-refractivity contribution < 1.29 is 4.92 Å². The first-order valence-electron chi connectivity index (χ1n) is 6.93. The number of nitro benzene ring substituents is 1. The molecular weight excluding hydrogens is 240 g/mol. The van der Waals surface area contributed by atoms with Crippen molar-refractivity contribution in [2.45, 2.75) is 46.6 Å². The second-order valence-corrected chi connectivity index (χ2v) is 5.40. The number of nitro groups is 1. The van der Waals surface area contributed by atoms with Gasteiger partial charge in [0.15, 0.2) is 0 Å². The number of nitrogens with zero attached hydrogens (tertiary/aromatic N) is 1. The summed E-state index contributed by atoms with van der Waals surface area (Å²) in [7, 11) is 0. The van der Waals surface area contributed by atoms with E-state index < -0.39 is 0 Å². The maximum atomic E-state index is 11.1. The molecule has 0 radical (unpaired) electrons. The van der Waals surface area contributed by atoms with E-state index >= 15 is 0 Å². The number of aryl methyl sites for hydroxylation is 1. The molecule has 4 heteroatoms. The minimum atomic E-state index is -0.278. The molecule has 1 atom stereocenters. The molecule has 0 saturated carbocycles. The highest BCUT2D eigenvalue weighted by atomic mass is 16.6. The highest BCUT2D eigenvalue weighted by Crippen LogP contribution is 2.23. The van der Waals surface area contributed by atoms with Gasteiger partial charge in [-0.1, -0.05) is 32.9 Å². The Bertz CT molecular complexity index is 430. The molecule has 0 aromatic heterocycles. The first-order valence-corrected chi connectivity index (χ1v) is 6.93. The fraction of sp³-hybridized carbons (Fsp3) is 0.600. The molecule has 0 aliphatic heterocycles. The van der Waals surface area contributed by atoms with E-state index in [2.05, 4.69) is 26.1 Å². The van der Waals surface area contributed by atoms with Crippen LogP contribution in [0.2, 0.25) is 0 Å². The molecule has 1 aromatic rings. The summed E-state index contributed by atoms with van der Waals surface area (Å²) in [5.41, 5.74) is 1.99. The number of nitrogens with one attached hydrogen (secondary N) is 1. The van der Waals surface area contributed by atoms with Gasteiger partial charge in [0.1, 0.15) is 0 Å². The van der Waals surface area contributed by atoms with Crippen LogP contribution in [0.5, 0.6) is 0 Å². The Morgan fingerprint density at radius 3 is 2.58 bits per heavy atom. The van der Waals surface area contributed by atoms with Crippen LogP contribution >= 0.6 is 0 Å². The number of hydrogen-bond acceptors (Lipinski definition) is 3. The van der Waals surface area contributed by atoms with Crippen LogP contribution in [-0.2, 0) is 6.42 Å². The van der Waals surface area contributed by atoms with Gasteiger partial charge in [-0.25, -0.2) is 0 Å². The number of hydrogen-bond donors (Lipinski definition) is 1. The highest BCUT2D eigenvalue weighted by molar-refractivity contribution is 5.43. The molecule has 1 rings (SSSR count). The summed E-state index contributed by atoms with van der Waals surface area (Å²) >= 11 is 0. The Morgan fingerprint density at radius 1 is 1.37 bits per heavy atom. The number of rotatable bonds is 7. The quantitative estimate of drug-likeness (QED) is 0.606. The summed E-state index contributed by atoms with van der Waals surface area (Å²) in [5.74, 6) is 0.451. The van der Waals surface area contributed by atoms with Crippen LogP contribution in [-0.4, -0.2) is 17.5 Å². The second-order valence-electron chi connectivity index (χ2n) is 5.40. The Hall–Kier alpha value is -1.42. The molecule has 0 amide bonds. The van der Waals surface area contributed by atoms with Crippen molar-refractivity contribution in [1.82, 2.24) is 5.32 Å². The molecule has 0 saturated heterocycles. The van der Waals surface area contributed by atoms with Crippen LogP contribution < -0.4 is 5.32 Å². The lowest BCUT2D eigenvalue weighted by Crippen LogP contribution is -2.36. The zero-order chi connectivity index (χ0) is 14.4. The molecule has 1 N–H and O–H groups in total. The van der Waals surface area contributed by atoms with Crippen molar-refractivity contribution >= 4 is 5.69 Å². The SMILES string of the molecule is CCCNC(Cc1ccc(C)cc1[N+](=O)[O-])C(C)C. The molecule has 0 aliphatic rings. The summed E-state index contributed by atoms with van der Waals surface area (Å²) in [6, 6.07) is 5.77. The minimum absolute atomic E-state index is 0.240. The maximum absolute atomic E-state index is 11.1. The topological polar surface area (TPSA) is 55.2 Å². The Labute approximate surface area is 115 Å². The van der Waals surface area contributed by atoms with E-state index in [9.17, 15) is 10.1 Å². The van der Waals surface area contributed by atoms with Crippen molar-refractivity contribution in [2.75, 3.05) is 6.54 Å². The zero-order valence-electron chi connectivity index (χ0n) is 12.3. The maximum Gasteiger partial charge on any atom is 0.272 e. The van der Waals surface area contributed by atoms with Crippen LogP contribution in [0.3, 0.4) is 0 Å². The second kappa shape index (κ2) is 7.24. The fourth-order valence-corrected chi connectivity index (χ4v) is 2.13. The molecule has 0 bridgehead atoms. The summed E-state index contributed by atoms with van der Waals surface area (Å²) in [4.78, 5) is 10.8. The monoisotopic (exact) mass is 264 g/mol. The third-order valence-corrected chi connectivity index (χ3v) is 3.34. The fourth-order valence-electron chi connectivity index (χ4n) is 2.13. The van der Waals surface area contributed by atoms with Crippen LogP contribution in [0.1, 0.15) is 38.3 Å². The minimum Gasteiger partial charge on any atom is -0.313 e. The van der Waals surface area contributed by atoms with E-state index in [0.29, 0.717) is 12.3 Å². The van der Waals surface area contributed by atoms with Crippen molar-refractivity contribution in [1.29, 1.82) is 0 Å². The smallest absolute Gasteiger partial charge is 0.272 e. The Kier molecular flexibility index (Phi) is 5.96. The van der Waals surface area contributed by atoms with Gasteiger partial charge in [0.2, 0.25) is 0 Å². The van der Waals surface area contributed by atoms with Gasteiger partial charge in [-0.3, -0.25) is 10.1 Å². The first-order chi connectivity index (χ1) is 8.95. The molecule has 19 heavy (non-hydrogen) atoms. The van der Waals surface area contributed by atoms with Gasteiger partial charge >= 0.3 is 0 Å². The van der Waals surface area contributed by atoms with Gasteiger partial charge in [0, 0.05) is 17.7 Å². The van der Waals surface area contributed by atoms with Crippen molar-refractivity contribution in [3.8, 4) is 0 Å². The predicted octanol–water partition coefficient (Wildman–Crippen LogP) is 3.47. The molecule has 0 spiro atoms. The largest absolute Gasteiger partial charge is 0.313 e. The van der Waals surface area contributed by atoms with E-state index in [0.717, 1.165) is 24.1 Å². The third-order valence-electron chi connectivity index (χ3n) is 3.34. The molecule has 0 heterocycles. The first kappa shape index (κ1) is 15.6. The Morgan fingerprint density at radius 2 is 2.05 bits per heavy atom. The molecular formula is C15H24N2O2. The summed E-state index contributed by atoms with van der Waals surface area (Å²) in [6.45, 7) is 9.24. The average Bonchev–Trinajstić information content (AvgIpc) is 2.35.